The number of halogens is 2. The number of aryl methyl sites for hydroxylation is 2. The number of pyridine rings is 1. The first kappa shape index (κ1) is 19.9. The molecule has 0 unspecified atom stereocenters. The van der Waals surface area contributed by atoms with E-state index < -0.39 is 0 Å². The molecule has 0 amide bonds. The lowest BCUT2D eigenvalue weighted by Gasteiger charge is -2.05. The Balaban J connectivity index is 1.59. The van der Waals surface area contributed by atoms with E-state index in [9.17, 15) is 0 Å². The first-order valence-electron chi connectivity index (χ1n) is 8.87. The second kappa shape index (κ2) is 7.82. The molecule has 3 aromatic rings. The number of thiophene rings is 1. The molecule has 0 atom stereocenters. The lowest BCUT2D eigenvalue weighted by Crippen LogP contribution is -1.95. The van der Waals surface area contributed by atoms with Crippen molar-refractivity contribution < 1.29 is 9.26 Å². The number of aromatic nitrogens is 3. The van der Waals surface area contributed by atoms with E-state index >= 15 is 0 Å². The Morgan fingerprint density at radius 2 is 1.93 bits per heavy atom. The second-order valence-electron chi connectivity index (χ2n) is 6.73. The third kappa shape index (κ3) is 3.90. The smallest absolute Gasteiger partial charge is 0.270 e. The molecule has 2 N–H and O–H groups in total. The number of allylic oxidation sites excluding steroid dienone is 5. The summed E-state index contributed by atoms with van der Waals surface area (Å²) in [5.74, 6) is 1.33. The van der Waals surface area contributed by atoms with Crippen LogP contribution >= 0.6 is 34.5 Å². The average molecular weight is 449 g/mol. The predicted octanol–water partition coefficient (Wildman–Crippen LogP) is 5.90. The summed E-state index contributed by atoms with van der Waals surface area (Å²) in [5, 5.41) is 6.17. The Hall–Kier alpha value is -2.35. The average Bonchev–Trinajstić information content (AvgIpc) is 3.21. The van der Waals surface area contributed by atoms with Crippen LogP contribution in [0.5, 0.6) is 0 Å². The van der Waals surface area contributed by atoms with Gasteiger partial charge in [-0.3, -0.25) is 0 Å². The maximum Gasteiger partial charge on any atom is 0.270 e. The Labute approximate surface area is 181 Å². The molecular formula is C20H18Cl2N4O2S. The number of hydrogen-bond donors (Lipinski definition) is 1. The Morgan fingerprint density at radius 3 is 2.72 bits per heavy atom. The number of ether oxygens (including phenoxy) is 1. The molecule has 3 aromatic heterocycles. The van der Waals surface area contributed by atoms with Gasteiger partial charge in [-0.2, -0.15) is 4.98 Å². The van der Waals surface area contributed by atoms with Gasteiger partial charge in [0, 0.05) is 27.6 Å². The normalized spacial score (nSPS) is 14.4. The minimum absolute atomic E-state index is 0.127. The molecule has 0 spiro atoms. The second-order valence-corrected chi connectivity index (χ2v) is 8.70. The number of nitrogens with two attached hydrogens (primary N) is 1. The zero-order valence-electron chi connectivity index (χ0n) is 16.0. The maximum absolute atomic E-state index is 6.40. The fourth-order valence-electron chi connectivity index (χ4n) is 3.02. The highest BCUT2D eigenvalue weighted by atomic mass is 35.5. The summed E-state index contributed by atoms with van der Waals surface area (Å²) in [6.07, 6.45) is 5.71. The van der Waals surface area contributed by atoms with Crippen molar-refractivity contribution in [2.45, 2.75) is 33.8 Å². The summed E-state index contributed by atoms with van der Waals surface area (Å²) in [4.78, 5) is 10.7. The maximum atomic E-state index is 6.40. The van der Waals surface area contributed by atoms with E-state index in [2.05, 4.69) is 15.1 Å². The van der Waals surface area contributed by atoms with Crippen LogP contribution in [-0.4, -0.2) is 15.1 Å². The molecule has 29 heavy (non-hydrogen) atoms. The molecule has 6 nitrogen and oxygen atoms in total. The number of hydrogen-bond acceptors (Lipinski definition) is 7. The largest absolute Gasteiger partial charge is 0.485 e. The highest BCUT2D eigenvalue weighted by molar-refractivity contribution is 7.22. The van der Waals surface area contributed by atoms with Gasteiger partial charge >= 0.3 is 0 Å². The van der Waals surface area contributed by atoms with E-state index in [4.69, 9.17) is 38.2 Å². The summed E-state index contributed by atoms with van der Waals surface area (Å²) in [7, 11) is 0. The third-order valence-corrected chi connectivity index (χ3v) is 6.36. The molecule has 0 radical (unpaired) electrons. The molecule has 0 bridgehead atoms. The van der Waals surface area contributed by atoms with Crippen LogP contribution < -0.4 is 5.73 Å². The number of nitrogen functional groups attached to an aromatic ring is 1. The van der Waals surface area contributed by atoms with Crippen LogP contribution in [0.2, 0.25) is 0 Å². The van der Waals surface area contributed by atoms with Crippen LogP contribution in [0.25, 0.3) is 21.0 Å². The van der Waals surface area contributed by atoms with Crippen molar-refractivity contribution in [1.29, 1.82) is 0 Å². The lowest BCUT2D eigenvalue weighted by molar-refractivity contribution is 0.199. The summed E-state index contributed by atoms with van der Waals surface area (Å²) < 4.78 is 11.2. The van der Waals surface area contributed by atoms with E-state index in [1.807, 2.05) is 20.8 Å². The fourth-order valence-corrected chi connectivity index (χ4v) is 4.67. The summed E-state index contributed by atoms with van der Waals surface area (Å²) in [5.41, 5.74) is 10.2. The van der Waals surface area contributed by atoms with E-state index in [0.717, 1.165) is 27.0 Å². The SMILES string of the molecule is Cc1nc2sc(-c3nc(COC4=CC=C(Cl)CC(Cl)=C4)no3)c(N)c2c(C)c1C. The number of anilines is 1. The molecule has 0 fully saturated rings. The van der Waals surface area contributed by atoms with Gasteiger partial charge in [-0.1, -0.05) is 28.4 Å². The van der Waals surface area contributed by atoms with Crippen molar-refractivity contribution >= 4 is 50.4 Å². The van der Waals surface area contributed by atoms with Gasteiger partial charge in [0.2, 0.25) is 5.82 Å². The molecule has 0 aromatic carbocycles. The van der Waals surface area contributed by atoms with Gasteiger partial charge in [0.15, 0.2) is 6.61 Å². The minimum atomic E-state index is 0.127. The summed E-state index contributed by atoms with van der Waals surface area (Å²) in [6.45, 7) is 6.21. The monoisotopic (exact) mass is 448 g/mol. The van der Waals surface area contributed by atoms with E-state index in [1.165, 1.54) is 11.3 Å². The Bertz CT molecular complexity index is 1210. The van der Waals surface area contributed by atoms with E-state index in [1.54, 1.807) is 18.2 Å². The lowest BCUT2D eigenvalue weighted by atomic mass is 10.1. The summed E-state index contributed by atoms with van der Waals surface area (Å²) in [6, 6.07) is 0. The number of rotatable bonds is 4. The molecule has 3 heterocycles. The topological polar surface area (TPSA) is 87.1 Å². The summed E-state index contributed by atoms with van der Waals surface area (Å²) >= 11 is 13.6. The quantitative estimate of drug-likeness (QED) is 0.533. The van der Waals surface area contributed by atoms with Gasteiger partial charge in [-0.05, 0) is 50.1 Å². The molecule has 1 aliphatic rings. The van der Waals surface area contributed by atoms with Gasteiger partial charge in [-0.25, -0.2) is 4.98 Å². The molecular weight excluding hydrogens is 431 g/mol. The van der Waals surface area contributed by atoms with Gasteiger partial charge in [0.1, 0.15) is 15.5 Å². The first-order valence-corrected chi connectivity index (χ1v) is 10.4. The predicted molar refractivity (Wildman–Crippen MR) is 117 cm³/mol. The Morgan fingerprint density at radius 1 is 1.14 bits per heavy atom. The van der Waals surface area contributed by atoms with Gasteiger partial charge in [0.05, 0.1) is 5.69 Å². The zero-order chi connectivity index (χ0) is 20.7. The van der Waals surface area contributed by atoms with Crippen LogP contribution in [0.3, 0.4) is 0 Å². The molecule has 0 saturated carbocycles. The van der Waals surface area contributed by atoms with Crippen molar-refractivity contribution in [2.24, 2.45) is 0 Å². The van der Waals surface area contributed by atoms with Crippen molar-refractivity contribution in [3.8, 4) is 10.8 Å². The van der Waals surface area contributed by atoms with Gasteiger partial charge in [0.25, 0.3) is 5.89 Å². The molecule has 1 aliphatic carbocycles. The Kier molecular flexibility index (Phi) is 5.38. The molecule has 0 aliphatic heterocycles. The van der Waals surface area contributed by atoms with Crippen LogP contribution in [0.4, 0.5) is 5.69 Å². The minimum Gasteiger partial charge on any atom is -0.485 e. The fraction of sp³-hybridized carbons (Fsp3) is 0.250. The van der Waals surface area contributed by atoms with Gasteiger partial charge in [-0.15, -0.1) is 11.3 Å². The number of fused-ring (bicyclic) bond motifs is 1. The van der Waals surface area contributed by atoms with Crippen LogP contribution in [-0.2, 0) is 11.3 Å². The van der Waals surface area contributed by atoms with Crippen LogP contribution in [0.1, 0.15) is 29.1 Å². The van der Waals surface area contributed by atoms with E-state index in [0.29, 0.717) is 44.5 Å². The van der Waals surface area contributed by atoms with E-state index in [-0.39, 0.29) is 6.61 Å². The van der Waals surface area contributed by atoms with Crippen molar-refractivity contribution in [3.05, 3.63) is 56.7 Å². The standard InChI is InChI=1S/C20H18Cl2N4O2S/c1-9-10(2)16-17(23)18(29-20(16)24-11(9)3)19-25-15(26-28-19)8-27-14-5-4-12(21)6-13(22)7-14/h4-5,7H,6,8,23H2,1-3H3. The molecule has 9 heteroatoms. The highest BCUT2D eigenvalue weighted by Gasteiger charge is 2.21. The van der Waals surface area contributed by atoms with Crippen molar-refractivity contribution in [3.63, 3.8) is 0 Å². The molecule has 0 saturated heterocycles. The van der Waals surface area contributed by atoms with Gasteiger partial charge < -0.3 is 15.0 Å². The third-order valence-electron chi connectivity index (χ3n) is 4.77. The van der Waals surface area contributed by atoms with Crippen LogP contribution in [0, 0.1) is 20.8 Å². The highest BCUT2D eigenvalue weighted by Crippen LogP contribution is 2.41. The molecule has 4 rings (SSSR count). The first-order chi connectivity index (χ1) is 13.8. The van der Waals surface area contributed by atoms with Crippen molar-refractivity contribution in [1.82, 2.24) is 15.1 Å². The molecule has 150 valence electrons. The zero-order valence-corrected chi connectivity index (χ0v) is 18.4. The van der Waals surface area contributed by atoms with Crippen LogP contribution in [0.15, 0.2) is 38.6 Å². The van der Waals surface area contributed by atoms with Crippen molar-refractivity contribution in [2.75, 3.05) is 5.73 Å². The number of nitrogens with zero attached hydrogens (tertiary/aromatic N) is 3.